The van der Waals surface area contributed by atoms with Crippen LogP contribution in [0.25, 0.3) is 10.9 Å². The molecule has 1 heterocycles. The van der Waals surface area contributed by atoms with Crippen molar-refractivity contribution in [3.63, 3.8) is 0 Å². The highest BCUT2D eigenvalue weighted by Gasteiger charge is 2.31. The van der Waals surface area contributed by atoms with Gasteiger partial charge in [0.15, 0.2) is 5.78 Å². The van der Waals surface area contributed by atoms with Crippen molar-refractivity contribution in [1.82, 2.24) is 4.98 Å². The van der Waals surface area contributed by atoms with E-state index in [0.717, 1.165) is 24.8 Å². The van der Waals surface area contributed by atoms with E-state index in [-0.39, 0.29) is 11.6 Å². The monoisotopic (exact) mass is 275 g/mol. The molecule has 0 aliphatic heterocycles. The third-order valence-corrected chi connectivity index (χ3v) is 4.01. The second-order valence-electron chi connectivity index (χ2n) is 5.43. The van der Waals surface area contributed by atoms with E-state index in [1.54, 1.807) is 12.3 Å². The summed E-state index contributed by atoms with van der Waals surface area (Å²) < 4.78 is 18.6. The van der Waals surface area contributed by atoms with Gasteiger partial charge in [0, 0.05) is 35.7 Å². The molecule has 1 aliphatic carbocycles. The van der Waals surface area contributed by atoms with Crippen LogP contribution in [0, 0.1) is 11.7 Å². The highest BCUT2D eigenvalue weighted by molar-refractivity contribution is 6.07. The van der Waals surface area contributed by atoms with Crippen LogP contribution in [0.4, 0.5) is 4.39 Å². The lowest BCUT2D eigenvalue weighted by atomic mass is 9.78. The van der Waals surface area contributed by atoms with Crippen LogP contribution >= 0.6 is 0 Å². The van der Waals surface area contributed by atoms with Crippen LogP contribution in [0.2, 0.25) is 0 Å². The molecule has 1 aromatic heterocycles. The third-order valence-electron chi connectivity index (χ3n) is 4.01. The second-order valence-corrected chi connectivity index (χ2v) is 5.43. The van der Waals surface area contributed by atoms with Crippen LogP contribution < -0.4 is 0 Å². The Balaban J connectivity index is 1.68. The number of hydrogen-bond acceptors (Lipinski definition) is 2. The fraction of sp³-hybridized carbons (Fsp3) is 0.438. The Kier molecular flexibility index (Phi) is 3.57. The summed E-state index contributed by atoms with van der Waals surface area (Å²) in [6.07, 6.45) is 4.50. The Morgan fingerprint density at radius 3 is 3.00 bits per heavy atom. The van der Waals surface area contributed by atoms with Gasteiger partial charge in [0.2, 0.25) is 0 Å². The zero-order valence-corrected chi connectivity index (χ0v) is 11.5. The third kappa shape index (κ3) is 2.48. The molecule has 0 amide bonds. The van der Waals surface area contributed by atoms with E-state index in [1.807, 2.05) is 6.92 Å². The van der Waals surface area contributed by atoms with Gasteiger partial charge in [0.25, 0.3) is 0 Å². The highest BCUT2D eigenvalue weighted by Crippen LogP contribution is 2.34. The minimum Gasteiger partial charge on any atom is -0.378 e. The summed E-state index contributed by atoms with van der Waals surface area (Å²) in [5.41, 5.74) is 1.34. The summed E-state index contributed by atoms with van der Waals surface area (Å²) in [5.74, 6) is 0.254. The summed E-state index contributed by atoms with van der Waals surface area (Å²) in [5, 5.41) is 0.803. The number of rotatable bonds is 5. The fourth-order valence-corrected chi connectivity index (χ4v) is 2.91. The molecule has 0 spiro atoms. The number of carbonyl (C=O) groups is 1. The maximum atomic E-state index is 13.1. The molecule has 1 fully saturated rings. The minimum absolute atomic E-state index is 0.128. The molecule has 0 atom stereocenters. The second kappa shape index (κ2) is 5.37. The molecule has 3 nitrogen and oxygen atoms in total. The van der Waals surface area contributed by atoms with Crippen molar-refractivity contribution in [2.24, 2.45) is 5.92 Å². The molecule has 0 unspecified atom stereocenters. The van der Waals surface area contributed by atoms with Gasteiger partial charge in [0.05, 0.1) is 6.10 Å². The standard InChI is InChI=1S/C16H18FNO2/c1-2-20-12-5-10(6-12)7-16(19)14-9-18-15-8-11(17)3-4-13(14)15/h3-4,8-10,12,18H,2,5-7H2,1H3. The molecule has 4 heteroatoms. The number of carbonyl (C=O) groups excluding carboxylic acids is 1. The average molecular weight is 275 g/mol. The lowest BCUT2D eigenvalue weighted by molar-refractivity contribution is -0.0245. The van der Waals surface area contributed by atoms with Gasteiger partial charge in [-0.2, -0.15) is 0 Å². The number of ether oxygens (including phenoxy) is 1. The van der Waals surface area contributed by atoms with Gasteiger partial charge >= 0.3 is 0 Å². The largest absolute Gasteiger partial charge is 0.378 e. The predicted molar refractivity (Wildman–Crippen MR) is 75.3 cm³/mol. The van der Waals surface area contributed by atoms with Crippen molar-refractivity contribution in [3.8, 4) is 0 Å². The zero-order chi connectivity index (χ0) is 14.1. The average Bonchev–Trinajstić information content (AvgIpc) is 2.79. The molecule has 0 radical (unpaired) electrons. The first-order valence-electron chi connectivity index (χ1n) is 7.08. The number of aromatic nitrogens is 1. The number of nitrogens with one attached hydrogen (secondary N) is 1. The van der Waals surface area contributed by atoms with Gasteiger partial charge in [0.1, 0.15) is 5.82 Å². The Morgan fingerprint density at radius 2 is 2.25 bits per heavy atom. The summed E-state index contributed by atoms with van der Waals surface area (Å²) in [6.45, 7) is 2.73. The molecule has 1 aliphatic rings. The predicted octanol–water partition coefficient (Wildman–Crippen LogP) is 3.69. The van der Waals surface area contributed by atoms with E-state index < -0.39 is 0 Å². The number of halogens is 1. The first-order chi connectivity index (χ1) is 9.67. The van der Waals surface area contributed by atoms with Gasteiger partial charge in [-0.1, -0.05) is 0 Å². The molecule has 2 aromatic rings. The summed E-state index contributed by atoms with van der Waals surface area (Å²) in [7, 11) is 0. The van der Waals surface area contributed by atoms with Crippen molar-refractivity contribution in [2.75, 3.05) is 6.61 Å². The van der Waals surface area contributed by atoms with Crippen LogP contribution in [-0.4, -0.2) is 23.5 Å². The molecule has 20 heavy (non-hydrogen) atoms. The van der Waals surface area contributed by atoms with Crippen LogP contribution in [0.3, 0.4) is 0 Å². The van der Waals surface area contributed by atoms with Crippen LogP contribution in [0.1, 0.15) is 36.5 Å². The number of benzene rings is 1. The topological polar surface area (TPSA) is 42.1 Å². The lowest BCUT2D eigenvalue weighted by Gasteiger charge is -2.34. The van der Waals surface area contributed by atoms with E-state index in [4.69, 9.17) is 4.74 Å². The van der Waals surface area contributed by atoms with Gasteiger partial charge in [-0.25, -0.2) is 4.39 Å². The summed E-state index contributed by atoms with van der Waals surface area (Å²) in [6, 6.07) is 4.47. The van der Waals surface area contributed by atoms with E-state index in [1.165, 1.54) is 12.1 Å². The zero-order valence-electron chi connectivity index (χ0n) is 11.5. The van der Waals surface area contributed by atoms with Gasteiger partial charge < -0.3 is 9.72 Å². The van der Waals surface area contributed by atoms with Crippen molar-refractivity contribution in [1.29, 1.82) is 0 Å². The molecular formula is C16H18FNO2. The number of H-pyrrole nitrogens is 1. The summed E-state index contributed by atoms with van der Waals surface area (Å²) >= 11 is 0. The van der Waals surface area contributed by atoms with Crippen molar-refractivity contribution >= 4 is 16.7 Å². The first kappa shape index (κ1) is 13.3. The Labute approximate surface area is 117 Å². The smallest absolute Gasteiger partial charge is 0.165 e. The van der Waals surface area contributed by atoms with E-state index in [2.05, 4.69) is 4.98 Å². The van der Waals surface area contributed by atoms with Crippen LogP contribution in [0.5, 0.6) is 0 Å². The van der Waals surface area contributed by atoms with Crippen LogP contribution in [-0.2, 0) is 4.74 Å². The molecule has 3 rings (SSSR count). The van der Waals surface area contributed by atoms with Crippen molar-refractivity contribution < 1.29 is 13.9 Å². The van der Waals surface area contributed by atoms with Crippen LogP contribution in [0.15, 0.2) is 24.4 Å². The van der Waals surface area contributed by atoms with Crippen molar-refractivity contribution in [2.45, 2.75) is 32.3 Å². The van der Waals surface area contributed by atoms with Gasteiger partial charge in [-0.3, -0.25) is 4.79 Å². The Morgan fingerprint density at radius 1 is 1.45 bits per heavy atom. The van der Waals surface area contributed by atoms with Crippen molar-refractivity contribution in [3.05, 3.63) is 35.8 Å². The molecule has 0 bridgehead atoms. The number of Topliss-reactive ketones (excluding diaryl/α,β-unsaturated/α-hetero) is 1. The van der Waals surface area contributed by atoms with Gasteiger partial charge in [-0.05, 0) is 43.9 Å². The lowest BCUT2D eigenvalue weighted by Crippen LogP contribution is -2.32. The Bertz CT molecular complexity index is 628. The van der Waals surface area contributed by atoms with E-state index >= 15 is 0 Å². The number of fused-ring (bicyclic) bond motifs is 1. The summed E-state index contributed by atoms with van der Waals surface area (Å²) in [4.78, 5) is 15.3. The normalized spacial score (nSPS) is 21.9. The van der Waals surface area contributed by atoms with E-state index in [9.17, 15) is 9.18 Å². The molecule has 1 aromatic carbocycles. The fourth-order valence-electron chi connectivity index (χ4n) is 2.91. The number of ketones is 1. The minimum atomic E-state index is -0.295. The Hall–Kier alpha value is -1.68. The first-order valence-corrected chi connectivity index (χ1v) is 7.08. The van der Waals surface area contributed by atoms with Gasteiger partial charge in [-0.15, -0.1) is 0 Å². The maximum Gasteiger partial charge on any atom is 0.165 e. The molecule has 1 N–H and O–H groups in total. The number of aromatic amines is 1. The molecular weight excluding hydrogens is 257 g/mol. The molecule has 106 valence electrons. The molecule has 0 saturated heterocycles. The SMILES string of the molecule is CCOC1CC(CC(=O)c2c[nH]c3cc(F)ccc23)C1. The number of hydrogen-bond donors (Lipinski definition) is 1. The molecule has 1 saturated carbocycles. The quantitative estimate of drug-likeness (QED) is 0.845. The maximum absolute atomic E-state index is 13.1. The highest BCUT2D eigenvalue weighted by atomic mass is 19.1. The van der Waals surface area contributed by atoms with E-state index in [0.29, 0.717) is 29.5 Å².